The molecule has 1 heterocycles. The Balaban J connectivity index is 0.00000121. The monoisotopic (exact) mass is 254 g/mol. The standard InChI is InChI=1S/C10H13N3OS.CH5N/c11-4-8(5-14)10(13)9(12)3-7-1-2-15-6-7;1-2/h1-2,4-6H,3,11-13H2;2H2,1H3/b8-4-,10-9+;. The van der Waals surface area contributed by atoms with Gasteiger partial charge in [-0.2, -0.15) is 11.3 Å². The maximum Gasteiger partial charge on any atom is 0.153 e. The van der Waals surface area contributed by atoms with Crippen LogP contribution >= 0.6 is 11.3 Å². The van der Waals surface area contributed by atoms with Crippen LogP contribution in [0, 0.1) is 0 Å². The van der Waals surface area contributed by atoms with Crippen molar-refractivity contribution in [2.45, 2.75) is 6.42 Å². The van der Waals surface area contributed by atoms with E-state index >= 15 is 0 Å². The molecule has 0 fully saturated rings. The van der Waals surface area contributed by atoms with Crippen molar-refractivity contribution in [2.24, 2.45) is 22.9 Å². The average molecular weight is 254 g/mol. The molecule has 0 unspecified atom stereocenters. The van der Waals surface area contributed by atoms with Crippen molar-refractivity contribution < 1.29 is 4.79 Å². The van der Waals surface area contributed by atoms with Crippen LogP contribution in [0.15, 0.2) is 40.0 Å². The Labute approximate surface area is 105 Å². The molecular formula is C11H18N4OS. The van der Waals surface area contributed by atoms with Crippen LogP contribution in [0.2, 0.25) is 0 Å². The van der Waals surface area contributed by atoms with Crippen LogP contribution in [0.1, 0.15) is 5.56 Å². The van der Waals surface area contributed by atoms with Gasteiger partial charge < -0.3 is 22.9 Å². The molecule has 0 radical (unpaired) electrons. The van der Waals surface area contributed by atoms with Crippen molar-refractivity contribution in [1.29, 1.82) is 0 Å². The quantitative estimate of drug-likeness (QED) is 0.343. The number of nitrogens with two attached hydrogens (primary N) is 4. The van der Waals surface area contributed by atoms with E-state index in [9.17, 15) is 4.79 Å². The van der Waals surface area contributed by atoms with Crippen LogP contribution in [-0.4, -0.2) is 13.3 Å². The summed E-state index contributed by atoms with van der Waals surface area (Å²) in [7, 11) is 1.50. The van der Waals surface area contributed by atoms with Crippen LogP contribution in [0.5, 0.6) is 0 Å². The second-order valence-corrected chi connectivity index (χ2v) is 3.77. The second kappa shape index (κ2) is 8.37. The summed E-state index contributed by atoms with van der Waals surface area (Å²) < 4.78 is 0. The molecule has 1 aromatic heterocycles. The van der Waals surface area contributed by atoms with E-state index in [1.54, 1.807) is 11.3 Å². The average Bonchev–Trinajstić information content (AvgIpc) is 2.86. The van der Waals surface area contributed by atoms with Crippen molar-refractivity contribution in [3.8, 4) is 0 Å². The Morgan fingerprint density at radius 2 is 2.06 bits per heavy atom. The van der Waals surface area contributed by atoms with Gasteiger partial charge in [0.1, 0.15) is 0 Å². The third-order valence-electron chi connectivity index (χ3n) is 1.94. The predicted molar refractivity (Wildman–Crippen MR) is 71.9 cm³/mol. The van der Waals surface area contributed by atoms with Gasteiger partial charge in [0.05, 0.1) is 11.3 Å². The molecule has 17 heavy (non-hydrogen) atoms. The van der Waals surface area contributed by atoms with Crippen molar-refractivity contribution in [2.75, 3.05) is 7.05 Å². The van der Waals surface area contributed by atoms with E-state index < -0.39 is 0 Å². The Morgan fingerprint density at radius 1 is 1.41 bits per heavy atom. The van der Waals surface area contributed by atoms with Gasteiger partial charge in [-0.3, -0.25) is 4.79 Å². The molecule has 0 bridgehead atoms. The lowest BCUT2D eigenvalue weighted by Gasteiger charge is -2.05. The molecule has 0 aromatic carbocycles. The molecule has 0 aliphatic rings. The summed E-state index contributed by atoms with van der Waals surface area (Å²) in [5.41, 5.74) is 23.2. The molecule has 94 valence electrons. The number of thiophene rings is 1. The molecule has 1 rings (SSSR count). The Kier molecular flexibility index (Phi) is 7.49. The molecule has 0 atom stereocenters. The van der Waals surface area contributed by atoms with Crippen LogP contribution < -0.4 is 22.9 Å². The van der Waals surface area contributed by atoms with Crippen LogP contribution in [-0.2, 0) is 11.2 Å². The molecule has 0 spiro atoms. The predicted octanol–water partition coefficient (Wildman–Crippen LogP) is 0.0360. The highest BCUT2D eigenvalue weighted by Gasteiger charge is 2.05. The van der Waals surface area contributed by atoms with E-state index in [2.05, 4.69) is 5.73 Å². The summed E-state index contributed by atoms with van der Waals surface area (Å²) in [5, 5.41) is 3.94. The van der Waals surface area contributed by atoms with E-state index in [-0.39, 0.29) is 11.3 Å². The molecule has 1 aromatic rings. The molecule has 0 amide bonds. The van der Waals surface area contributed by atoms with E-state index in [0.29, 0.717) is 18.4 Å². The normalized spacial score (nSPS) is 12.2. The van der Waals surface area contributed by atoms with Crippen molar-refractivity contribution >= 4 is 17.6 Å². The second-order valence-electron chi connectivity index (χ2n) is 2.99. The summed E-state index contributed by atoms with van der Waals surface area (Å²) in [6, 6.07) is 1.96. The highest BCUT2D eigenvalue weighted by atomic mass is 32.1. The van der Waals surface area contributed by atoms with Gasteiger partial charge in [0, 0.05) is 18.3 Å². The first kappa shape index (κ1) is 15.2. The maximum absolute atomic E-state index is 10.6. The Morgan fingerprint density at radius 3 is 2.47 bits per heavy atom. The van der Waals surface area contributed by atoms with Crippen LogP contribution in [0.3, 0.4) is 0 Å². The van der Waals surface area contributed by atoms with Gasteiger partial charge in [-0.15, -0.1) is 0 Å². The van der Waals surface area contributed by atoms with E-state index in [4.69, 9.17) is 17.2 Å². The third-order valence-corrected chi connectivity index (χ3v) is 2.67. The van der Waals surface area contributed by atoms with Crippen molar-refractivity contribution in [3.63, 3.8) is 0 Å². The van der Waals surface area contributed by atoms with E-state index in [1.807, 2.05) is 16.8 Å². The van der Waals surface area contributed by atoms with Crippen LogP contribution in [0.4, 0.5) is 0 Å². The topological polar surface area (TPSA) is 121 Å². The summed E-state index contributed by atoms with van der Waals surface area (Å²) in [4.78, 5) is 10.6. The van der Waals surface area contributed by atoms with Gasteiger partial charge in [0.15, 0.2) is 6.29 Å². The fourth-order valence-electron chi connectivity index (χ4n) is 1.09. The lowest BCUT2D eigenvalue weighted by molar-refractivity contribution is -0.104. The number of hydrogen-bond acceptors (Lipinski definition) is 6. The summed E-state index contributed by atoms with van der Waals surface area (Å²) in [6.45, 7) is 0. The molecule has 0 saturated heterocycles. The zero-order valence-corrected chi connectivity index (χ0v) is 10.5. The fourth-order valence-corrected chi connectivity index (χ4v) is 1.75. The van der Waals surface area contributed by atoms with Crippen molar-refractivity contribution in [1.82, 2.24) is 0 Å². The number of allylic oxidation sites excluding steroid dienone is 2. The molecule has 0 aliphatic carbocycles. The largest absolute Gasteiger partial charge is 0.404 e. The molecule has 5 nitrogen and oxygen atoms in total. The van der Waals surface area contributed by atoms with Gasteiger partial charge in [-0.05, 0) is 29.4 Å². The SMILES string of the molecule is CN.N/C=C(C=O)\C(N)=C(/N)Cc1ccsc1. The summed E-state index contributed by atoms with van der Waals surface area (Å²) in [6.07, 6.45) is 2.28. The minimum atomic E-state index is 0.225. The molecule has 6 heteroatoms. The van der Waals surface area contributed by atoms with Crippen molar-refractivity contribution in [3.05, 3.63) is 45.6 Å². The van der Waals surface area contributed by atoms with E-state index in [1.165, 1.54) is 7.05 Å². The number of aldehydes is 1. The Bertz CT molecular complexity index is 396. The van der Waals surface area contributed by atoms with Crippen LogP contribution in [0.25, 0.3) is 0 Å². The number of rotatable bonds is 4. The third kappa shape index (κ3) is 4.71. The molecule has 0 saturated carbocycles. The smallest absolute Gasteiger partial charge is 0.153 e. The lowest BCUT2D eigenvalue weighted by Crippen LogP contribution is -2.15. The number of carbonyl (C=O) groups is 1. The lowest BCUT2D eigenvalue weighted by atomic mass is 10.1. The van der Waals surface area contributed by atoms with Gasteiger partial charge in [0.25, 0.3) is 0 Å². The van der Waals surface area contributed by atoms with Gasteiger partial charge in [-0.25, -0.2) is 0 Å². The zero-order chi connectivity index (χ0) is 13.3. The zero-order valence-electron chi connectivity index (χ0n) is 9.72. The van der Waals surface area contributed by atoms with E-state index in [0.717, 1.165) is 11.8 Å². The van der Waals surface area contributed by atoms with Gasteiger partial charge in [-0.1, -0.05) is 0 Å². The molecular weight excluding hydrogens is 236 g/mol. The fraction of sp³-hybridized carbons (Fsp3) is 0.182. The number of carbonyl (C=O) groups excluding carboxylic acids is 1. The van der Waals surface area contributed by atoms with Gasteiger partial charge in [0.2, 0.25) is 0 Å². The highest BCUT2D eigenvalue weighted by Crippen LogP contribution is 2.12. The number of hydrogen-bond donors (Lipinski definition) is 4. The minimum Gasteiger partial charge on any atom is -0.404 e. The summed E-state index contributed by atoms with van der Waals surface area (Å²) in [5.74, 6) is 0. The first-order chi connectivity index (χ1) is 8.19. The highest BCUT2D eigenvalue weighted by molar-refractivity contribution is 7.07. The Hall–Kier alpha value is -1.79. The molecule has 8 N–H and O–H groups in total. The maximum atomic E-state index is 10.6. The first-order valence-corrected chi connectivity index (χ1v) is 5.83. The minimum absolute atomic E-state index is 0.225. The van der Waals surface area contributed by atoms with Gasteiger partial charge >= 0.3 is 0 Å². The summed E-state index contributed by atoms with van der Waals surface area (Å²) >= 11 is 1.59. The molecule has 0 aliphatic heterocycles. The first-order valence-electron chi connectivity index (χ1n) is 4.89.